The third-order valence-corrected chi connectivity index (χ3v) is 4.87. The summed E-state index contributed by atoms with van der Waals surface area (Å²) in [6.45, 7) is 1.72. The molecule has 1 aliphatic rings. The number of hydrogen-bond donors (Lipinski definition) is 2. The molecular weight excluding hydrogens is 289 g/mol. The van der Waals surface area contributed by atoms with Crippen LogP contribution >= 0.6 is 0 Å². The van der Waals surface area contributed by atoms with Crippen LogP contribution in [0.3, 0.4) is 0 Å². The summed E-state index contributed by atoms with van der Waals surface area (Å²) in [5.74, 6) is -1.15. The lowest BCUT2D eigenvalue weighted by molar-refractivity contribution is -0.385. The summed E-state index contributed by atoms with van der Waals surface area (Å²) in [4.78, 5) is 9.29. The number of nitrogens with zero attached hydrogens (tertiary/aromatic N) is 1. The van der Waals surface area contributed by atoms with E-state index in [2.05, 4.69) is 10.0 Å². The molecule has 0 spiro atoms. The van der Waals surface area contributed by atoms with Crippen molar-refractivity contribution in [2.24, 2.45) is 0 Å². The zero-order chi connectivity index (χ0) is 15.1. The highest BCUT2D eigenvalue weighted by Gasteiger charge is 2.42. The van der Waals surface area contributed by atoms with Crippen LogP contribution in [0.15, 0.2) is 17.0 Å². The van der Waals surface area contributed by atoms with E-state index in [1.807, 2.05) is 0 Å². The summed E-state index contributed by atoms with van der Waals surface area (Å²) in [5, 5.41) is 13.1. The second-order valence-electron chi connectivity index (χ2n) is 4.98. The van der Waals surface area contributed by atoms with Gasteiger partial charge in [-0.1, -0.05) is 0 Å². The van der Waals surface area contributed by atoms with E-state index in [1.54, 1.807) is 6.92 Å². The fourth-order valence-corrected chi connectivity index (χ4v) is 3.53. The molecule has 2 N–H and O–H groups in total. The SMILES string of the molecule is CNc1cc([N+](=O)[O-])cc(F)c1S(=O)(=O)NC1(C)CC1. The Balaban J connectivity index is 2.53. The Labute approximate surface area is 115 Å². The molecule has 110 valence electrons. The van der Waals surface area contributed by atoms with E-state index in [9.17, 15) is 22.9 Å². The van der Waals surface area contributed by atoms with Crippen molar-refractivity contribution in [1.29, 1.82) is 0 Å². The number of anilines is 1. The second-order valence-corrected chi connectivity index (χ2v) is 6.60. The topological polar surface area (TPSA) is 101 Å². The first-order valence-corrected chi connectivity index (χ1v) is 7.36. The van der Waals surface area contributed by atoms with Crippen molar-refractivity contribution < 1.29 is 17.7 Å². The third-order valence-electron chi connectivity index (χ3n) is 3.16. The first-order chi connectivity index (χ1) is 9.18. The number of benzene rings is 1. The number of non-ortho nitro benzene ring substituents is 1. The minimum Gasteiger partial charge on any atom is -0.387 e. The molecule has 1 aromatic carbocycles. The number of nitrogens with one attached hydrogen (secondary N) is 2. The van der Waals surface area contributed by atoms with Gasteiger partial charge in [-0.2, -0.15) is 0 Å². The monoisotopic (exact) mass is 303 g/mol. The summed E-state index contributed by atoms with van der Waals surface area (Å²) in [6, 6.07) is 1.59. The van der Waals surface area contributed by atoms with Gasteiger partial charge in [-0.3, -0.25) is 10.1 Å². The number of rotatable bonds is 5. The molecule has 0 unspecified atom stereocenters. The van der Waals surface area contributed by atoms with Crippen molar-refractivity contribution in [2.45, 2.75) is 30.2 Å². The molecule has 0 radical (unpaired) electrons. The Morgan fingerprint density at radius 2 is 2.00 bits per heavy atom. The Morgan fingerprint density at radius 1 is 1.40 bits per heavy atom. The van der Waals surface area contributed by atoms with Crippen LogP contribution in [0.2, 0.25) is 0 Å². The number of halogens is 1. The van der Waals surface area contributed by atoms with Gasteiger partial charge in [0.25, 0.3) is 5.69 Å². The molecule has 0 bridgehead atoms. The number of sulfonamides is 1. The standard InChI is InChI=1S/C11H14FN3O4S/c1-11(3-4-11)14-20(18,19)10-8(12)5-7(15(16)17)6-9(10)13-2/h5-6,13-14H,3-4H2,1-2H3. The van der Waals surface area contributed by atoms with Crippen LogP contribution in [0.5, 0.6) is 0 Å². The zero-order valence-electron chi connectivity index (χ0n) is 10.9. The van der Waals surface area contributed by atoms with E-state index in [-0.39, 0.29) is 5.69 Å². The van der Waals surface area contributed by atoms with Gasteiger partial charge in [0.1, 0.15) is 4.90 Å². The lowest BCUT2D eigenvalue weighted by atomic mass is 10.2. The summed E-state index contributed by atoms with van der Waals surface area (Å²) >= 11 is 0. The lowest BCUT2D eigenvalue weighted by Crippen LogP contribution is -2.35. The Morgan fingerprint density at radius 3 is 2.45 bits per heavy atom. The van der Waals surface area contributed by atoms with Crippen LogP contribution in [0.25, 0.3) is 0 Å². The number of nitro benzene ring substituents is 1. The molecule has 1 aliphatic carbocycles. The molecule has 7 nitrogen and oxygen atoms in total. The van der Waals surface area contributed by atoms with E-state index in [0.29, 0.717) is 18.9 Å². The molecule has 0 aromatic heterocycles. The number of nitro groups is 1. The average molecular weight is 303 g/mol. The van der Waals surface area contributed by atoms with Crippen LogP contribution in [0, 0.1) is 15.9 Å². The quantitative estimate of drug-likeness (QED) is 0.635. The van der Waals surface area contributed by atoms with Gasteiger partial charge in [-0.05, 0) is 19.8 Å². The van der Waals surface area contributed by atoms with Crippen LogP contribution in [-0.4, -0.2) is 25.9 Å². The van der Waals surface area contributed by atoms with Gasteiger partial charge in [-0.25, -0.2) is 17.5 Å². The normalized spacial score (nSPS) is 16.8. The lowest BCUT2D eigenvalue weighted by Gasteiger charge is -2.15. The average Bonchev–Trinajstić information content (AvgIpc) is 3.03. The highest BCUT2D eigenvalue weighted by molar-refractivity contribution is 7.89. The van der Waals surface area contributed by atoms with Crippen LogP contribution in [-0.2, 0) is 10.0 Å². The first-order valence-electron chi connectivity index (χ1n) is 5.88. The Kier molecular flexibility index (Phi) is 3.42. The van der Waals surface area contributed by atoms with Crippen LogP contribution in [0.1, 0.15) is 19.8 Å². The summed E-state index contributed by atoms with van der Waals surface area (Å²) in [7, 11) is -2.71. The molecule has 1 saturated carbocycles. The predicted octanol–water partition coefficient (Wildman–Crippen LogP) is 1.61. The van der Waals surface area contributed by atoms with Crippen LogP contribution < -0.4 is 10.0 Å². The maximum absolute atomic E-state index is 14.0. The Hall–Kier alpha value is -1.74. The van der Waals surface area contributed by atoms with Crippen molar-refractivity contribution in [3.05, 3.63) is 28.1 Å². The third kappa shape index (κ3) is 2.73. The predicted molar refractivity (Wildman–Crippen MR) is 70.6 cm³/mol. The molecule has 9 heteroatoms. The zero-order valence-corrected chi connectivity index (χ0v) is 11.8. The molecule has 0 amide bonds. The van der Waals surface area contributed by atoms with Gasteiger partial charge in [-0.15, -0.1) is 0 Å². The molecular formula is C11H14FN3O4S. The van der Waals surface area contributed by atoms with Gasteiger partial charge in [0, 0.05) is 18.7 Å². The number of hydrogen-bond acceptors (Lipinski definition) is 5. The van der Waals surface area contributed by atoms with Crippen molar-refractivity contribution in [1.82, 2.24) is 4.72 Å². The molecule has 2 rings (SSSR count). The van der Waals surface area contributed by atoms with Crippen molar-refractivity contribution in [3.63, 3.8) is 0 Å². The minimum absolute atomic E-state index is 0.145. The van der Waals surface area contributed by atoms with Crippen molar-refractivity contribution in [3.8, 4) is 0 Å². The van der Waals surface area contributed by atoms with Gasteiger partial charge >= 0.3 is 0 Å². The minimum atomic E-state index is -4.08. The largest absolute Gasteiger partial charge is 0.387 e. The molecule has 0 atom stereocenters. The first kappa shape index (κ1) is 14.7. The molecule has 1 fully saturated rings. The van der Waals surface area contributed by atoms with Gasteiger partial charge in [0.15, 0.2) is 5.82 Å². The molecule has 20 heavy (non-hydrogen) atoms. The smallest absolute Gasteiger partial charge is 0.274 e. The highest BCUT2D eigenvalue weighted by atomic mass is 32.2. The van der Waals surface area contributed by atoms with Crippen molar-refractivity contribution >= 4 is 21.4 Å². The summed E-state index contributed by atoms with van der Waals surface area (Å²) in [5.41, 5.74) is -1.21. The highest BCUT2D eigenvalue weighted by Crippen LogP contribution is 2.37. The second kappa shape index (κ2) is 4.67. The van der Waals surface area contributed by atoms with Gasteiger partial charge < -0.3 is 5.32 Å². The Bertz CT molecular complexity index is 670. The summed E-state index contributed by atoms with van der Waals surface area (Å²) in [6.07, 6.45) is 1.35. The van der Waals surface area contributed by atoms with E-state index in [4.69, 9.17) is 0 Å². The fraction of sp³-hybridized carbons (Fsp3) is 0.455. The summed E-state index contributed by atoms with van der Waals surface area (Å²) < 4.78 is 40.8. The maximum atomic E-state index is 14.0. The van der Waals surface area contributed by atoms with E-state index in [0.717, 1.165) is 6.07 Å². The fourth-order valence-electron chi connectivity index (χ4n) is 1.81. The molecule has 0 heterocycles. The maximum Gasteiger partial charge on any atom is 0.274 e. The van der Waals surface area contributed by atoms with E-state index in [1.165, 1.54) is 7.05 Å². The van der Waals surface area contributed by atoms with E-state index < -0.39 is 36.9 Å². The van der Waals surface area contributed by atoms with E-state index >= 15 is 0 Å². The molecule has 0 saturated heterocycles. The molecule has 1 aromatic rings. The van der Waals surface area contributed by atoms with Crippen LogP contribution in [0.4, 0.5) is 15.8 Å². The van der Waals surface area contributed by atoms with Gasteiger partial charge in [0.05, 0.1) is 16.7 Å². The van der Waals surface area contributed by atoms with Gasteiger partial charge in [0.2, 0.25) is 10.0 Å². The molecule has 0 aliphatic heterocycles. The van der Waals surface area contributed by atoms with Crippen molar-refractivity contribution in [2.75, 3.05) is 12.4 Å².